The average Bonchev–Trinajstić information content (AvgIpc) is 2.81. The summed E-state index contributed by atoms with van der Waals surface area (Å²) in [6.07, 6.45) is 0.802. The van der Waals surface area contributed by atoms with Crippen LogP contribution in [0, 0.1) is 0 Å². The van der Waals surface area contributed by atoms with Crippen molar-refractivity contribution in [1.82, 2.24) is 5.43 Å². The highest BCUT2D eigenvalue weighted by Gasteiger charge is 2.35. The zero-order valence-electron chi connectivity index (χ0n) is 11.4. The Morgan fingerprint density at radius 3 is 2.79 bits per heavy atom. The Hall–Kier alpha value is -1.07. The fourth-order valence-electron chi connectivity index (χ4n) is 2.20. The van der Waals surface area contributed by atoms with Gasteiger partial charge >= 0.3 is 0 Å². The Kier molecular flexibility index (Phi) is 4.16. The molecule has 0 aliphatic heterocycles. The number of furan rings is 1. The van der Waals surface area contributed by atoms with Gasteiger partial charge in [0.1, 0.15) is 17.4 Å². The standard InChI is InChI=1S/C14H19ClN2O2/c1-4-14(2,18-3)13(17-16)12-8-9-7-10(15)5-6-11(9)19-12/h5-8,13,17H,4,16H2,1-3H3. The molecular weight excluding hydrogens is 264 g/mol. The SMILES string of the molecule is CCC(C)(OC)C(NN)c1cc2cc(Cl)ccc2o1. The molecule has 1 heterocycles. The number of hydrogen-bond acceptors (Lipinski definition) is 4. The van der Waals surface area contributed by atoms with Gasteiger partial charge in [-0.3, -0.25) is 5.84 Å². The molecule has 0 amide bonds. The Balaban J connectivity index is 2.46. The summed E-state index contributed by atoms with van der Waals surface area (Å²) in [6, 6.07) is 7.24. The molecular formula is C14H19ClN2O2. The molecule has 0 saturated heterocycles. The van der Waals surface area contributed by atoms with Crippen LogP contribution in [0.25, 0.3) is 11.0 Å². The Morgan fingerprint density at radius 1 is 1.47 bits per heavy atom. The van der Waals surface area contributed by atoms with Gasteiger partial charge in [0, 0.05) is 17.5 Å². The fraction of sp³-hybridized carbons (Fsp3) is 0.429. The third-order valence-corrected chi connectivity index (χ3v) is 3.96. The van der Waals surface area contributed by atoms with E-state index in [0.29, 0.717) is 5.02 Å². The number of hydrazine groups is 1. The van der Waals surface area contributed by atoms with Crippen LogP contribution in [-0.2, 0) is 4.74 Å². The van der Waals surface area contributed by atoms with E-state index < -0.39 is 5.60 Å². The van der Waals surface area contributed by atoms with Gasteiger partial charge in [-0.05, 0) is 37.6 Å². The molecule has 0 bridgehead atoms. The van der Waals surface area contributed by atoms with Crippen LogP contribution in [-0.4, -0.2) is 12.7 Å². The van der Waals surface area contributed by atoms with Crippen molar-refractivity contribution < 1.29 is 9.15 Å². The van der Waals surface area contributed by atoms with Crippen molar-refractivity contribution in [2.45, 2.75) is 31.9 Å². The van der Waals surface area contributed by atoms with Gasteiger partial charge in [-0.15, -0.1) is 0 Å². The van der Waals surface area contributed by atoms with Crippen molar-refractivity contribution >= 4 is 22.6 Å². The minimum Gasteiger partial charge on any atom is -0.459 e. The van der Waals surface area contributed by atoms with Gasteiger partial charge in [0.05, 0.1) is 5.60 Å². The van der Waals surface area contributed by atoms with Gasteiger partial charge in [0.2, 0.25) is 0 Å². The van der Waals surface area contributed by atoms with Gasteiger partial charge in [-0.1, -0.05) is 18.5 Å². The van der Waals surface area contributed by atoms with Crippen molar-refractivity contribution in [3.63, 3.8) is 0 Å². The molecule has 4 nitrogen and oxygen atoms in total. The van der Waals surface area contributed by atoms with Crippen LogP contribution in [0.15, 0.2) is 28.7 Å². The summed E-state index contributed by atoms with van der Waals surface area (Å²) < 4.78 is 11.4. The van der Waals surface area contributed by atoms with E-state index in [1.807, 2.05) is 32.0 Å². The van der Waals surface area contributed by atoms with E-state index in [-0.39, 0.29) is 6.04 Å². The number of fused-ring (bicyclic) bond motifs is 1. The molecule has 3 N–H and O–H groups in total. The van der Waals surface area contributed by atoms with E-state index in [1.54, 1.807) is 13.2 Å². The summed E-state index contributed by atoms with van der Waals surface area (Å²) in [7, 11) is 1.67. The topological polar surface area (TPSA) is 60.4 Å². The minimum atomic E-state index is -0.438. The lowest BCUT2D eigenvalue weighted by molar-refractivity contribution is -0.0350. The largest absolute Gasteiger partial charge is 0.459 e. The average molecular weight is 283 g/mol. The molecule has 0 spiro atoms. The predicted octanol–water partition coefficient (Wildman–Crippen LogP) is 3.41. The molecule has 0 fully saturated rings. The van der Waals surface area contributed by atoms with E-state index in [2.05, 4.69) is 5.43 Å². The summed E-state index contributed by atoms with van der Waals surface area (Å²) in [5.74, 6) is 6.42. The Morgan fingerprint density at radius 2 is 2.21 bits per heavy atom. The van der Waals surface area contributed by atoms with E-state index in [4.69, 9.17) is 26.6 Å². The van der Waals surface area contributed by atoms with Gasteiger partial charge in [0.15, 0.2) is 0 Å². The second-order valence-electron chi connectivity index (χ2n) is 4.80. The highest BCUT2D eigenvalue weighted by molar-refractivity contribution is 6.31. The van der Waals surface area contributed by atoms with Gasteiger partial charge < -0.3 is 9.15 Å². The first kappa shape index (κ1) is 14.3. The van der Waals surface area contributed by atoms with Crippen LogP contribution < -0.4 is 11.3 Å². The number of methoxy groups -OCH3 is 1. The van der Waals surface area contributed by atoms with E-state index in [9.17, 15) is 0 Å². The molecule has 104 valence electrons. The number of nitrogens with two attached hydrogens (primary N) is 1. The smallest absolute Gasteiger partial charge is 0.134 e. The van der Waals surface area contributed by atoms with Crippen LogP contribution in [0.3, 0.4) is 0 Å². The lowest BCUT2D eigenvalue weighted by Crippen LogP contribution is -2.45. The van der Waals surface area contributed by atoms with Crippen LogP contribution >= 0.6 is 11.6 Å². The first-order chi connectivity index (χ1) is 9.04. The van der Waals surface area contributed by atoms with Crippen LogP contribution in [0.1, 0.15) is 32.1 Å². The predicted molar refractivity (Wildman–Crippen MR) is 77.0 cm³/mol. The minimum absolute atomic E-state index is 0.228. The normalized spacial score (nSPS) is 16.5. The van der Waals surface area contributed by atoms with E-state index in [1.165, 1.54) is 0 Å². The van der Waals surface area contributed by atoms with Crippen molar-refractivity contribution in [3.05, 3.63) is 35.0 Å². The third-order valence-electron chi connectivity index (χ3n) is 3.73. The maximum absolute atomic E-state index is 5.98. The molecule has 1 aromatic heterocycles. The van der Waals surface area contributed by atoms with Crippen molar-refractivity contribution in [2.24, 2.45) is 5.84 Å². The molecule has 2 atom stereocenters. The van der Waals surface area contributed by atoms with Crippen molar-refractivity contribution in [1.29, 1.82) is 0 Å². The van der Waals surface area contributed by atoms with Crippen molar-refractivity contribution in [2.75, 3.05) is 7.11 Å². The molecule has 0 aliphatic rings. The first-order valence-corrected chi connectivity index (χ1v) is 6.62. The maximum Gasteiger partial charge on any atom is 0.134 e. The zero-order chi connectivity index (χ0) is 14.0. The Labute approximate surface area is 117 Å². The molecule has 0 radical (unpaired) electrons. The summed E-state index contributed by atoms with van der Waals surface area (Å²) in [5, 5.41) is 1.64. The molecule has 0 aliphatic carbocycles. The summed E-state index contributed by atoms with van der Waals surface area (Å²) in [4.78, 5) is 0. The van der Waals surface area contributed by atoms with Gasteiger partial charge in [-0.2, -0.15) is 0 Å². The molecule has 2 aromatic rings. The molecule has 2 rings (SSSR count). The second kappa shape index (κ2) is 5.51. The fourth-order valence-corrected chi connectivity index (χ4v) is 2.38. The molecule has 1 aromatic carbocycles. The number of nitrogens with one attached hydrogen (secondary N) is 1. The summed E-state index contributed by atoms with van der Waals surface area (Å²) in [6.45, 7) is 4.05. The van der Waals surface area contributed by atoms with Crippen LogP contribution in [0.4, 0.5) is 0 Å². The third kappa shape index (κ3) is 2.62. The number of hydrogen-bond donors (Lipinski definition) is 2. The number of benzene rings is 1. The zero-order valence-corrected chi connectivity index (χ0v) is 12.1. The van der Waals surface area contributed by atoms with Gasteiger partial charge in [0.25, 0.3) is 0 Å². The molecule has 0 saturated carbocycles. The van der Waals surface area contributed by atoms with E-state index >= 15 is 0 Å². The van der Waals surface area contributed by atoms with Crippen LogP contribution in [0.5, 0.6) is 0 Å². The maximum atomic E-state index is 5.98. The quantitative estimate of drug-likeness (QED) is 0.652. The second-order valence-corrected chi connectivity index (χ2v) is 5.24. The van der Waals surface area contributed by atoms with Gasteiger partial charge in [-0.25, -0.2) is 5.43 Å². The Bertz CT molecular complexity index is 564. The lowest BCUT2D eigenvalue weighted by atomic mass is 9.91. The summed E-state index contributed by atoms with van der Waals surface area (Å²) in [5.41, 5.74) is 3.13. The highest BCUT2D eigenvalue weighted by Crippen LogP contribution is 2.34. The summed E-state index contributed by atoms with van der Waals surface area (Å²) >= 11 is 5.98. The van der Waals surface area contributed by atoms with Crippen LogP contribution in [0.2, 0.25) is 5.02 Å². The number of halogens is 1. The molecule has 2 unspecified atom stereocenters. The molecule has 19 heavy (non-hydrogen) atoms. The number of rotatable bonds is 5. The lowest BCUT2D eigenvalue weighted by Gasteiger charge is -2.33. The number of ether oxygens (including phenoxy) is 1. The van der Waals surface area contributed by atoms with Crippen molar-refractivity contribution in [3.8, 4) is 0 Å². The van der Waals surface area contributed by atoms with E-state index in [0.717, 1.165) is 23.2 Å². The highest BCUT2D eigenvalue weighted by atomic mass is 35.5. The first-order valence-electron chi connectivity index (χ1n) is 6.24. The molecule has 5 heteroatoms. The monoisotopic (exact) mass is 282 g/mol.